The molecular weight excluding hydrogens is 188 g/mol. The third-order valence-corrected chi connectivity index (χ3v) is 2.48. The van der Waals surface area contributed by atoms with Crippen molar-refractivity contribution in [3.63, 3.8) is 0 Å². The Hall–Kier alpha value is -0.610. The van der Waals surface area contributed by atoms with Crippen molar-refractivity contribution >= 4 is 5.84 Å². The molecule has 0 aliphatic carbocycles. The van der Waals surface area contributed by atoms with E-state index in [-0.39, 0.29) is 5.84 Å². The van der Waals surface area contributed by atoms with Crippen LogP contribution in [0.2, 0.25) is 0 Å². The molecule has 0 aromatic rings. The van der Waals surface area contributed by atoms with E-state index in [1.165, 1.54) is 0 Å². The van der Waals surface area contributed by atoms with Gasteiger partial charge in [-0.2, -0.15) is 0 Å². The van der Waals surface area contributed by atoms with Crippen LogP contribution in [0, 0.1) is 5.41 Å². The maximum absolute atomic E-state index is 7.31. The van der Waals surface area contributed by atoms with Gasteiger partial charge in [0.15, 0.2) is 0 Å². The van der Waals surface area contributed by atoms with E-state index in [1.54, 1.807) is 0 Å². The Bertz CT molecular complexity index is 179. The predicted molar refractivity (Wildman–Crippen MR) is 66.4 cm³/mol. The highest BCUT2D eigenvalue weighted by atomic mass is 15.2. The van der Waals surface area contributed by atoms with Crippen molar-refractivity contribution < 1.29 is 0 Å². The lowest BCUT2D eigenvalue weighted by molar-refractivity contribution is 0.192. The van der Waals surface area contributed by atoms with Crippen LogP contribution in [0.15, 0.2) is 0 Å². The first-order valence-electron chi connectivity index (χ1n) is 5.69. The molecule has 0 aliphatic heterocycles. The normalized spacial score (nSPS) is 13.5. The molecule has 0 heterocycles. The van der Waals surface area contributed by atoms with Crippen molar-refractivity contribution in [2.75, 3.05) is 33.7 Å². The van der Waals surface area contributed by atoms with Gasteiger partial charge in [-0.1, -0.05) is 6.92 Å². The highest BCUT2D eigenvalue weighted by molar-refractivity contribution is 5.77. The van der Waals surface area contributed by atoms with E-state index in [4.69, 9.17) is 11.1 Å². The fourth-order valence-electron chi connectivity index (χ4n) is 1.62. The van der Waals surface area contributed by atoms with Crippen molar-refractivity contribution in [3.05, 3.63) is 0 Å². The Labute approximate surface area is 93.9 Å². The van der Waals surface area contributed by atoms with Crippen LogP contribution < -0.4 is 5.73 Å². The first-order valence-corrected chi connectivity index (χ1v) is 5.69. The summed E-state index contributed by atoms with van der Waals surface area (Å²) in [7, 11) is 4.17. The molecule has 0 radical (unpaired) electrons. The van der Waals surface area contributed by atoms with Crippen LogP contribution in [0.3, 0.4) is 0 Å². The Balaban J connectivity index is 4.05. The third-order valence-electron chi connectivity index (χ3n) is 2.48. The lowest BCUT2D eigenvalue weighted by atomic mass is 10.2. The summed E-state index contributed by atoms with van der Waals surface area (Å²) in [5.41, 5.74) is 5.43. The second-order valence-electron chi connectivity index (χ2n) is 4.42. The molecular formula is C11H26N4. The van der Waals surface area contributed by atoms with Gasteiger partial charge in [-0.15, -0.1) is 0 Å². The Kier molecular flexibility index (Phi) is 7.34. The van der Waals surface area contributed by atoms with Crippen molar-refractivity contribution in [1.29, 1.82) is 5.41 Å². The molecule has 15 heavy (non-hydrogen) atoms. The van der Waals surface area contributed by atoms with Gasteiger partial charge in [-0.05, 0) is 34.0 Å². The molecule has 0 bridgehead atoms. The van der Waals surface area contributed by atoms with Crippen molar-refractivity contribution in [1.82, 2.24) is 9.80 Å². The number of nitrogens with one attached hydrogen (secondary N) is 1. The minimum Gasteiger partial charge on any atom is -0.388 e. The minimum absolute atomic E-state index is 0.286. The smallest absolute Gasteiger partial charge is 0.0920 e. The van der Waals surface area contributed by atoms with Gasteiger partial charge < -0.3 is 10.6 Å². The molecule has 0 spiro atoms. The molecule has 4 heteroatoms. The zero-order valence-electron chi connectivity index (χ0n) is 10.6. The van der Waals surface area contributed by atoms with Gasteiger partial charge >= 0.3 is 0 Å². The summed E-state index contributed by atoms with van der Waals surface area (Å²) < 4.78 is 0. The number of hydrogen-bond acceptors (Lipinski definition) is 3. The van der Waals surface area contributed by atoms with Gasteiger partial charge in [-0.3, -0.25) is 10.3 Å². The molecule has 0 aliphatic rings. The fraction of sp³-hybridized carbons (Fsp3) is 0.909. The van der Waals surface area contributed by atoms with Gasteiger partial charge in [0, 0.05) is 25.6 Å². The fourth-order valence-corrected chi connectivity index (χ4v) is 1.62. The van der Waals surface area contributed by atoms with Crippen LogP contribution in [0.5, 0.6) is 0 Å². The van der Waals surface area contributed by atoms with Crippen LogP contribution in [-0.4, -0.2) is 55.4 Å². The van der Waals surface area contributed by atoms with Crippen molar-refractivity contribution in [3.8, 4) is 0 Å². The SMILES string of the molecule is CCCN(CCN(C)C)C(C)CC(=N)N. The van der Waals surface area contributed by atoms with E-state index in [0.29, 0.717) is 12.5 Å². The van der Waals surface area contributed by atoms with Gasteiger partial charge in [0.2, 0.25) is 0 Å². The van der Waals surface area contributed by atoms with Crippen LogP contribution in [0.4, 0.5) is 0 Å². The molecule has 90 valence electrons. The standard InChI is InChI=1S/C11H26N4/c1-5-6-15(8-7-14(3)4)10(2)9-11(12)13/h10H,5-9H2,1-4H3,(H3,12,13). The van der Waals surface area contributed by atoms with Crippen molar-refractivity contribution in [2.45, 2.75) is 32.7 Å². The lowest BCUT2D eigenvalue weighted by Crippen LogP contribution is -2.40. The first-order chi connectivity index (χ1) is 6.97. The van der Waals surface area contributed by atoms with Gasteiger partial charge in [-0.25, -0.2) is 0 Å². The third kappa shape index (κ3) is 7.33. The Morgan fingerprint density at radius 3 is 2.27 bits per heavy atom. The van der Waals surface area contributed by atoms with E-state index in [9.17, 15) is 0 Å². The summed E-state index contributed by atoms with van der Waals surface area (Å²) in [6.07, 6.45) is 1.82. The molecule has 1 unspecified atom stereocenters. The maximum atomic E-state index is 7.31. The summed E-state index contributed by atoms with van der Waals surface area (Å²) >= 11 is 0. The van der Waals surface area contributed by atoms with E-state index < -0.39 is 0 Å². The Morgan fingerprint density at radius 2 is 1.87 bits per heavy atom. The summed E-state index contributed by atoms with van der Waals surface area (Å²) in [6, 6.07) is 0.377. The number of nitrogens with two attached hydrogens (primary N) is 1. The lowest BCUT2D eigenvalue weighted by Gasteiger charge is -2.29. The van der Waals surface area contributed by atoms with Crippen LogP contribution in [0.1, 0.15) is 26.7 Å². The summed E-state index contributed by atoms with van der Waals surface area (Å²) in [5.74, 6) is 0.286. The summed E-state index contributed by atoms with van der Waals surface area (Å²) in [4.78, 5) is 4.59. The number of amidine groups is 1. The van der Waals surface area contributed by atoms with Crippen LogP contribution >= 0.6 is 0 Å². The zero-order chi connectivity index (χ0) is 11.8. The monoisotopic (exact) mass is 214 g/mol. The minimum atomic E-state index is 0.286. The van der Waals surface area contributed by atoms with Crippen LogP contribution in [0.25, 0.3) is 0 Å². The maximum Gasteiger partial charge on any atom is 0.0920 e. The molecule has 0 saturated carbocycles. The van der Waals surface area contributed by atoms with E-state index in [0.717, 1.165) is 26.1 Å². The molecule has 4 nitrogen and oxygen atoms in total. The van der Waals surface area contributed by atoms with E-state index >= 15 is 0 Å². The van der Waals surface area contributed by atoms with E-state index in [1.807, 2.05) is 0 Å². The van der Waals surface area contributed by atoms with Gasteiger partial charge in [0.1, 0.15) is 0 Å². The van der Waals surface area contributed by atoms with E-state index in [2.05, 4.69) is 37.7 Å². The molecule has 0 fully saturated rings. The highest BCUT2D eigenvalue weighted by Gasteiger charge is 2.13. The highest BCUT2D eigenvalue weighted by Crippen LogP contribution is 2.04. The van der Waals surface area contributed by atoms with Crippen LogP contribution in [-0.2, 0) is 0 Å². The quantitative estimate of drug-likeness (QED) is 0.468. The molecule has 0 aromatic carbocycles. The number of nitrogens with zero attached hydrogens (tertiary/aromatic N) is 2. The van der Waals surface area contributed by atoms with Gasteiger partial charge in [0.25, 0.3) is 0 Å². The summed E-state index contributed by atoms with van der Waals surface area (Å²) in [6.45, 7) is 7.52. The summed E-state index contributed by atoms with van der Waals surface area (Å²) in [5, 5.41) is 7.31. The molecule has 1 atom stereocenters. The first kappa shape index (κ1) is 14.4. The second kappa shape index (κ2) is 7.65. The molecule has 0 saturated heterocycles. The topological polar surface area (TPSA) is 56.4 Å². The van der Waals surface area contributed by atoms with Gasteiger partial charge in [0.05, 0.1) is 5.84 Å². The average Bonchev–Trinajstić information content (AvgIpc) is 2.10. The second-order valence-corrected chi connectivity index (χ2v) is 4.42. The zero-order valence-corrected chi connectivity index (χ0v) is 10.6. The predicted octanol–water partition coefficient (Wildman–Crippen LogP) is 0.975. The largest absolute Gasteiger partial charge is 0.388 e. The number of rotatable bonds is 8. The molecule has 0 aromatic heterocycles. The average molecular weight is 214 g/mol. The number of hydrogen-bond donors (Lipinski definition) is 2. The molecule has 0 rings (SSSR count). The number of likely N-dealkylation sites (N-methyl/N-ethyl adjacent to an activating group) is 1. The van der Waals surface area contributed by atoms with Crippen molar-refractivity contribution in [2.24, 2.45) is 5.73 Å². The molecule has 0 amide bonds. The molecule has 3 N–H and O–H groups in total. The Morgan fingerprint density at radius 1 is 1.27 bits per heavy atom.